The van der Waals surface area contributed by atoms with Gasteiger partial charge < -0.3 is 4.74 Å². The van der Waals surface area contributed by atoms with Crippen molar-refractivity contribution in [2.45, 2.75) is 117 Å². The Bertz CT molecular complexity index is 462. The Labute approximate surface area is 154 Å². The number of carbonyl (C=O) groups excluding carboxylic acids is 1. The molecule has 0 atom stereocenters. The van der Waals surface area contributed by atoms with Crippen molar-refractivity contribution in [2.24, 2.45) is 0 Å². The second kappa shape index (κ2) is 8.22. The Kier molecular flexibility index (Phi) is 7.29. The van der Waals surface area contributed by atoms with E-state index in [2.05, 4.69) is 60.1 Å². The molecule has 0 amide bonds. The van der Waals surface area contributed by atoms with E-state index in [1.54, 1.807) is 6.92 Å². The number of hydroxylamine groups is 2. The van der Waals surface area contributed by atoms with E-state index in [1.165, 1.54) is 19.3 Å². The van der Waals surface area contributed by atoms with Crippen LogP contribution in [0.3, 0.4) is 0 Å². The van der Waals surface area contributed by atoms with Gasteiger partial charge in [0.05, 0.1) is 5.60 Å². The van der Waals surface area contributed by atoms with Crippen molar-refractivity contribution in [1.29, 1.82) is 0 Å². The number of unbranched alkanes of at least 4 members (excludes halogenated alkanes) is 2. The SMILES string of the molecule is C=C(C)C(=O)OC1CC(C)(C)N(OC(C)(C)CCCCC)C(C)(C)C1. The fourth-order valence-corrected chi connectivity index (χ4v) is 3.85. The van der Waals surface area contributed by atoms with Gasteiger partial charge in [-0.15, -0.1) is 0 Å². The van der Waals surface area contributed by atoms with Gasteiger partial charge in [0.1, 0.15) is 6.10 Å². The van der Waals surface area contributed by atoms with E-state index in [0.717, 1.165) is 19.3 Å². The number of piperidine rings is 1. The maximum atomic E-state index is 11.9. The van der Waals surface area contributed by atoms with Gasteiger partial charge in [-0.3, -0.25) is 4.84 Å². The Morgan fingerprint density at radius 2 is 1.68 bits per heavy atom. The van der Waals surface area contributed by atoms with Crippen LogP contribution in [0.1, 0.15) is 93.9 Å². The number of carbonyl (C=O) groups is 1. The molecule has 0 N–H and O–H groups in total. The van der Waals surface area contributed by atoms with E-state index in [1.807, 2.05) is 0 Å². The second-order valence-corrected chi connectivity index (χ2v) is 9.44. The number of hydrogen-bond donors (Lipinski definition) is 0. The summed E-state index contributed by atoms with van der Waals surface area (Å²) in [6, 6.07) is 0. The molecular weight excluding hydrogens is 314 g/mol. The topological polar surface area (TPSA) is 38.8 Å². The smallest absolute Gasteiger partial charge is 0.333 e. The van der Waals surface area contributed by atoms with Crippen molar-refractivity contribution < 1.29 is 14.4 Å². The minimum atomic E-state index is -0.300. The number of hydrogen-bond acceptors (Lipinski definition) is 4. The maximum Gasteiger partial charge on any atom is 0.333 e. The highest BCUT2D eigenvalue weighted by Gasteiger charge is 2.49. The van der Waals surface area contributed by atoms with Crippen LogP contribution in [0.2, 0.25) is 0 Å². The molecule has 0 spiro atoms. The molecular formula is C21H39NO3. The van der Waals surface area contributed by atoms with Crippen molar-refractivity contribution >= 4 is 5.97 Å². The Morgan fingerprint density at radius 1 is 1.16 bits per heavy atom. The van der Waals surface area contributed by atoms with E-state index < -0.39 is 0 Å². The van der Waals surface area contributed by atoms with Crippen molar-refractivity contribution in [2.75, 3.05) is 0 Å². The molecule has 1 aliphatic rings. The summed E-state index contributed by atoms with van der Waals surface area (Å²) in [6.07, 6.45) is 6.05. The van der Waals surface area contributed by atoms with Crippen LogP contribution >= 0.6 is 0 Å². The zero-order valence-corrected chi connectivity index (χ0v) is 17.7. The number of rotatable bonds is 8. The molecule has 146 valence electrons. The van der Waals surface area contributed by atoms with Crippen LogP contribution < -0.4 is 0 Å². The summed E-state index contributed by atoms with van der Waals surface area (Å²) in [5, 5.41) is 2.15. The third-order valence-electron chi connectivity index (χ3n) is 4.90. The minimum absolute atomic E-state index is 0.114. The zero-order chi connectivity index (χ0) is 19.5. The molecule has 4 nitrogen and oxygen atoms in total. The van der Waals surface area contributed by atoms with E-state index >= 15 is 0 Å². The Balaban J connectivity index is 2.85. The highest BCUT2D eigenvalue weighted by Crippen LogP contribution is 2.42. The first-order valence-electron chi connectivity index (χ1n) is 9.67. The normalized spacial score (nSPS) is 21.1. The van der Waals surface area contributed by atoms with Crippen molar-refractivity contribution in [3.8, 4) is 0 Å². The molecule has 0 saturated carbocycles. The van der Waals surface area contributed by atoms with Gasteiger partial charge in [0.2, 0.25) is 0 Å². The number of ether oxygens (including phenoxy) is 1. The van der Waals surface area contributed by atoms with Gasteiger partial charge >= 0.3 is 5.97 Å². The summed E-state index contributed by atoms with van der Waals surface area (Å²) in [6.45, 7) is 20.6. The van der Waals surface area contributed by atoms with Gasteiger partial charge in [-0.05, 0) is 54.9 Å². The Morgan fingerprint density at radius 3 is 2.12 bits per heavy atom. The molecule has 0 unspecified atom stereocenters. The maximum absolute atomic E-state index is 11.9. The first-order chi connectivity index (χ1) is 11.3. The monoisotopic (exact) mass is 353 g/mol. The zero-order valence-electron chi connectivity index (χ0n) is 17.7. The molecule has 1 saturated heterocycles. The summed E-state index contributed by atoms with van der Waals surface area (Å²) in [5.41, 5.74) is -0.190. The molecule has 1 fully saturated rings. The lowest BCUT2D eigenvalue weighted by molar-refractivity contribution is -0.338. The second-order valence-electron chi connectivity index (χ2n) is 9.44. The molecule has 0 aromatic carbocycles. The van der Waals surface area contributed by atoms with Gasteiger partial charge in [-0.2, -0.15) is 5.06 Å². The molecule has 25 heavy (non-hydrogen) atoms. The van der Waals surface area contributed by atoms with Crippen molar-refractivity contribution in [3.63, 3.8) is 0 Å². The van der Waals surface area contributed by atoms with Gasteiger partial charge in [0, 0.05) is 29.5 Å². The molecule has 1 heterocycles. The summed E-state index contributed by atoms with van der Waals surface area (Å²) in [4.78, 5) is 18.5. The molecule has 1 rings (SSSR count). The molecule has 0 aliphatic carbocycles. The molecule has 4 heteroatoms. The van der Waals surface area contributed by atoms with E-state index in [0.29, 0.717) is 5.57 Å². The quantitative estimate of drug-likeness (QED) is 0.332. The fraction of sp³-hybridized carbons (Fsp3) is 0.857. The molecule has 0 radical (unpaired) electrons. The molecule has 0 bridgehead atoms. The van der Waals surface area contributed by atoms with Crippen LogP contribution in [0.4, 0.5) is 0 Å². The summed E-state index contributed by atoms with van der Waals surface area (Å²) in [7, 11) is 0. The van der Waals surface area contributed by atoms with E-state index in [4.69, 9.17) is 9.57 Å². The minimum Gasteiger partial charge on any atom is -0.459 e. The number of esters is 1. The summed E-state index contributed by atoms with van der Waals surface area (Å²) in [5.74, 6) is -0.300. The van der Waals surface area contributed by atoms with Crippen LogP contribution in [0.5, 0.6) is 0 Å². The van der Waals surface area contributed by atoms with Gasteiger partial charge in [0.25, 0.3) is 0 Å². The fourth-order valence-electron chi connectivity index (χ4n) is 3.85. The standard InChI is InChI=1S/C21H39NO3/c1-10-11-12-13-21(8,9)25-22-19(4,5)14-17(15-20(22,6)7)24-18(23)16(2)3/h17H,2,10-15H2,1,3-9H3. The van der Waals surface area contributed by atoms with Crippen molar-refractivity contribution in [1.82, 2.24) is 5.06 Å². The lowest BCUT2D eigenvalue weighted by Gasteiger charge is -2.55. The van der Waals surface area contributed by atoms with Crippen LogP contribution in [0.25, 0.3) is 0 Å². The van der Waals surface area contributed by atoms with E-state index in [-0.39, 0.29) is 28.8 Å². The first-order valence-corrected chi connectivity index (χ1v) is 9.67. The molecule has 0 aromatic rings. The average Bonchev–Trinajstić information content (AvgIpc) is 2.42. The lowest BCUT2D eigenvalue weighted by atomic mass is 9.80. The van der Waals surface area contributed by atoms with Crippen LogP contribution in [-0.2, 0) is 14.4 Å². The van der Waals surface area contributed by atoms with Gasteiger partial charge in [-0.25, -0.2) is 4.79 Å². The highest BCUT2D eigenvalue weighted by atomic mass is 16.7. The Hall–Kier alpha value is -0.870. The predicted octanol–water partition coefficient (Wildman–Crippen LogP) is 5.42. The highest BCUT2D eigenvalue weighted by molar-refractivity contribution is 5.87. The summed E-state index contributed by atoms with van der Waals surface area (Å²) >= 11 is 0. The van der Waals surface area contributed by atoms with Crippen LogP contribution in [-0.4, -0.2) is 33.8 Å². The lowest BCUT2D eigenvalue weighted by Crippen LogP contribution is -2.63. The first kappa shape index (κ1) is 22.2. The van der Waals surface area contributed by atoms with Crippen LogP contribution in [0, 0.1) is 0 Å². The predicted molar refractivity (Wildman–Crippen MR) is 103 cm³/mol. The largest absolute Gasteiger partial charge is 0.459 e. The third-order valence-corrected chi connectivity index (χ3v) is 4.90. The van der Waals surface area contributed by atoms with Gasteiger partial charge in [0.15, 0.2) is 0 Å². The molecule has 0 aromatic heterocycles. The van der Waals surface area contributed by atoms with Crippen LogP contribution in [0.15, 0.2) is 12.2 Å². The van der Waals surface area contributed by atoms with Gasteiger partial charge in [-0.1, -0.05) is 32.8 Å². The number of nitrogens with zero attached hydrogens (tertiary/aromatic N) is 1. The van der Waals surface area contributed by atoms with Crippen molar-refractivity contribution in [3.05, 3.63) is 12.2 Å². The summed E-state index contributed by atoms with van der Waals surface area (Å²) < 4.78 is 5.66. The third kappa shape index (κ3) is 6.41. The van der Waals surface area contributed by atoms with E-state index in [9.17, 15) is 4.79 Å². The average molecular weight is 354 g/mol. The molecule has 1 aliphatic heterocycles.